The number of amides is 3. The van der Waals surface area contributed by atoms with Crippen molar-refractivity contribution in [2.45, 2.75) is 64.5 Å². The molecule has 1 aromatic carbocycles. The van der Waals surface area contributed by atoms with Crippen LogP contribution in [0.4, 0.5) is 5.69 Å². The molecule has 1 aromatic rings. The molecule has 2 aliphatic heterocycles. The molecule has 3 rings (SSSR count). The van der Waals surface area contributed by atoms with Crippen LogP contribution in [0.25, 0.3) is 0 Å². The van der Waals surface area contributed by atoms with Crippen molar-refractivity contribution in [3.8, 4) is 0 Å². The van der Waals surface area contributed by atoms with Crippen LogP contribution < -0.4 is 15.5 Å². The first kappa shape index (κ1) is 22.3. The molecule has 0 aliphatic carbocycles. The van der Waals surface area contributed by atoms with E-state index in [1.54, 1.807) is 4.90 Å². The monoisotopic (exact) mass is 414 g/mol. The van der Waals surface area contributed by atoms with Crippen molar-refractivity contribution in [1.82, 2.24) is 15.5 Å². The van der Waals surface area contributed by atoms with E-state index in [4.69, 9.17) is 0 Å². The Labute approximate surface area is 179 Å². The van der Waals surface area contributed by atoms with Gasteiger partial charge in [0.1, 0.15) is 6.04 Å². The van der Waals surface area contributed by atoms with Crippen molar-refractivity contribution < 1.29 is 14.4 Å². The minimum absolute atomic E-state index is 0.106. The Morgan fingerprint density at radius 2 is 1.90 bits per heavy atom. The van der Waals surface area contributed by atoms with Crippen molar-refractivity contribution in [3.63, 3.8) is 0 Å². The first-order valence-electron chi connectivity index (χ1n) is 11.2. The molecule has 1 unspecified atom stereocenters. The molecule has 3 amide bonds. The number of imide groups is 1. The van der Waals surface area contributed by atoms with E-state index in [1.165, 1.54) is 12.8 Å². The fourth-order valence-electron chi connectivity index (χ4n) is 4.38. The molecule has 2 aliphatic rings. The van der Waals surface area contributed by atoms with Gasteiger partial charge in [0, 0.05) is 42.9 Å². The summed E-state index contributed by atoms with van der Waals surface area (Å²) in [5.74, 6) is -0.726. The van der Waals surface area contributed by atoms with E-state index in [2.05, 4.69) is 28.5 Å². The van der Waals surface area contributed by atoms with E-state index < -0.39 is 6.04 Å². The summed E-state index contributed by atoms with van der Waals surface area (Å²) in [6.45, 7) is 5.55. The third kappa shape index (κ3) is 5.01. The molecule has 1 atom stereocenters. The van der Waals surface area contributed by atoms with Crippen LogP contribution in [0.15, 0.2) is 18.2 Å². The van der Waals surface area contributed by atoms with Gasteiger partial charge in [0.15, 0.2) is 0 Å². The summed E-state index contributed by atoms with van der Waals surface area (Å²) in [5.41, 5.74) is 2.81. The third-order valence-corrected chi connectivity index (χ3v) is 6.03. The van der Waals surface area contributed by atoms with Crippen molar-refractivity contribution in [2.75, 3.05) is 31.6 Å². The molecule has 164 valence electrons. The van der Waals surface area contributed by atoms with Crippen LogP contribution in [0, 0.1) is 0 Å². The lowest BCUT2D eigenvalue weighted by molar-refractivity contribution is -0.136. The number of hydrogen-bond donors (Lipinski definition) is 2. The second-order valence-electron chi connectivity index (χ2n) is 8.21. The molecule has 0 saturated carbocycles. The van der Waals surface area contributed by atoms with E-state index in [9.17, 15) is 14.4 Å². The zero-order valence-electron chi connectivity index (χ0n) is 18.2. The van der Waals surface area contributed by atoms with Crippen LogP contribution in [-0.4, -0.2) is 55.3 Å². The highest BCUT2D eigenvalue weighted by Crippen LogP contribution is 2.34. The maximum Gasteiger partial charge on any atom is 0.255 e. The molecule has 7 nitrogen and oxygen atoms in total. The predicted octanol–water partition coefficient (Wildman–Crippen LogP) is 2.44. The molecule has 2 heterocycles. The van der Waals surface area contributed by atoms with Crippen LogP contribution in [-0.2, 0) is 16.1 Å². The van der Waals surface area contributed by atoms with Crippen molar-refractivity contribution in [2.24, 2.45) is 0 Å². The molecule has 7 heteroatoms. The summed E-state index contributed by atoms with van der Waals surface area (Å²) in [6, 6.07) is 5.34. The van der Waals surface area contributed by atoms with Crippen molar-refractivity contribution >= 4 is 23.4 Å². The highest BCUT2D eigenvalue weighted by molar-refractivity contribution is 6.06. The third-order valence-electron chi connectivity index (χ3n) is 6.03. The van der Waals surface area contributed by atoms with Crippen LogP contribution in [0.2, 0.25) is 0 Å². The summed E-state index contributed by atoms with van der Waals surface area (Å²) in [7, 11) is 1.97. The number of rotatable bonds is 11. The lowest BCUT2D eigenvalue weighted by atomic mass is 10.0. The van der Waals surface area contributed by atoms with Gasteiger partial charge in [-0.15, -0.1) is 0 Å². The standard InChI is InChI=1S/C23H34N4O3/c1-3-4-6-14-26(15-7-5-13-24-2)19-10-8-9-17-18(19)16-27(23(17)30)20-11-12-21(28)25-22(20)29/h8-10,20,24H,3-7,11-16H2,1-2H3,(H,25,28,29). The molecule has 30 heavy (non-hydrogen) atoms. The van der Waals surface area contributed by atoms with Crippen molar-refractivity contribution in [3.05, 3.63) is 29.3 Å². The number of hydrogen-bond acceptors (Lipinski definition) is 5. The van der Waals surface area contributed by atoms with E-state index in [-0.39, 0.29) is 24.1 Å². The van der Waals surface area contributed by atoms with Gasteiger partial charge in [-0.1, -0.05) is 25.8 Å². The van der Waals surface area contributed by atoms with Gasteiger partial charge in [-0.3, -0.25) is 19.7 Å². The Kier molecular flexibility index (Phi) is 7.85. The fourth-order valence-corrected chi connectivity index (χ4v) is 4.38. The van der Waals surface area contributed by atoms with Gasteiger partial charge in [-0.05, 0) is 51.4 Å². The highest BCUT2D eigenvalue weighted by Gasteiger charge is 2.40. The molecule has 0 radical (unpaired) electrons. The smallest absolute Gasteiger partial charge is 0.255 e. The quantitative estimate of drug-likeness (QED) is 0.429. The first-order chi connectivity index (χ1) is 14.6. The average Bonchev–Trinajstić information content (AvgIpc) is 3.06. The summed E-state index contributed by atoms with van der Waals surface area (Å²) in [4.78, 5) is 41.0. The number of carbonyl (C=O) groups excluding carboxylic acids is 3. The summed E-state index contributed by atoms with van der Waals surface area (Å²) >= 11 is 0. The zero-order chi connectivity index (χ0) is 21.5. The summed E-state index contributed by atoms with van der Waals surface area (Å²) in [6.07, 6.45) is 6.34. The van der Waals surface area contributed by atoms with E-state index in [0.29, 0.717) is 18.5 Å². The lowest BCUT2D eigenvalue weighted by Gasteiger charge is -2.30. The normalized spacial score (nSPS) is 18.5. The molecule has 1 fully saturated rings. The molecule has 2 N–H and O–H groups in total. The first-order valence-corrected chi connectivity index (χ1v) is 11.2. The maximum atomic E-state index is 13.1. The fraction of sp³-hybridized carbons (Fsp3) is 0.609. The molecule has 0 bridgehead atoms. The van der Waals surface area contributed by atoms with Gasteiger partial charge in [0.2, 0.25) is 11.8 Å². The van der Waals surface area contributed by atoms with Crippen molar-refractivity contribution in [1.29, 1.82) is 0 Å². The van der Waals surface area contributed by atoms with Gasteiger partial charge in [-0.2, -0.15) is 0 Å². The largest absolute Gasteiger partial charge is 0.371 e. The second-order valence-corrected chi connectivity index (χ2v) is 8.21. The van der Waals surface area contributed by atoms with Crippen LogP contribution in [0.1, 0.15) is 67.8 Å². The average molecular weight is 415 g/mol. The number of benzene rings is 1. The summed E-state index contributed by atoms with van der Waals surface area (Å²) in [5, 5.41) is 5.58. The molecule has 0 spiro atoms. The highest BCUT2D eigenvalue weighted by atomic mass is 16.2. The van der Waals surface area contributed by atoms with E-state index >= 15 is 0 Å². The lowest BCUT2D eigenvalue weighted by Crippen LogP contribution is -2.52. The SMILES string of the molecule is CCCCCN(CCCCNC)c1cccc2c1CN(C1CCC(=O)NC1=O)C2=O. The maximum absolute atomic E-state index is 13.1. The van der Waals surface area contributed by atoms with Crippen LogP contribution in [0.5, 0.6) is 0 Å². The van der Waals surface area contributed by atoms with Gasteiger partial charge in [-0.25, -0.2) is 0 Å². The van der Waals surface area contributed by atoms with Gasteiger partial charge in [0.05, 0.1) is 0 Å². The summed E-state index contributed by atoms with van der Waals surface area (Å²) < 4.78 is 0. The minimum atomic E-state index is -0.570. The van der Waals surface area contributed by atoms with Gasteiger partial charge < -0.3 is 15.1 Å². The number of carbonyl (C=O) groups is 3. The molecular weight excluding hydrogens is 380 g/mol. The Morgan fingerprint density at radius 3 is 2.60 bits per heavy atom. The number of piperidine rings is 1. The Bertz CT molecular complexity index is 780. The van der Waals surface area contributed by atoms with Crippen LogP contribution >= 0.6 is 0 Å². The number of nitrogens with zero attached hydrogens (tertiary/aromatic N) is 2. The number of nitrogens with one attached hydrogen (secondary N) is 2. The Morgan fingerprint density at radius 1 is 1.13 bits per heavy atom. The van der Waals surface area contributed by atoms with Gasteiger partial charge in [0.25, 0.3) is 5.91 Å². The molecular formula is C23H34N4O3. The molecule has 0 aromatic heterocycles. The molecule has 1 saturated heterocycles. The Hall–Kier alpha value is -2.41. The topological polar surface area (TPSA) is 81.8 Å². The predicted molar refractivity (Wildman–Crippen MR) is 117 cm³/mol. The van der Waals surface area contributed by atoms with Crippen LogP contribution in [0.3, 0.4) is 0 Å². The number of unbranched alkanes of at least 4 members (excludes halogenated alkanes) is 3. The van der Waals surface area contributed by atoms with E-state index in [1.807, 2.05) is 19.2 Å². The second kappa shape index (κ2) is 10.6. The van der Waals surface area contributed by atoms with Gasteiger partial charge >= 0.3 is 0 Å². The zero-order valence-corrected chi connectivity index (χ0v) is 18.2. The number of fused-ring (bicyclic) bond motifs is 1. The minimum Gasteiger partial charge on any atom is -0.371 e. The van der Waals surface area contributed by atoms with E-state index in [0.717, 1.165) is 50.1 Å². The Balaban J connectivity index is 1.79. The number of anilines is 1.